The van der Waals surface area contributed by atoms with Crippen molar-refractivity contribution in [3.05, 3.63) is 0 Å². The zero-order valence-corrected chi connectivity index (χ0v) is 26.2. The van der Waals surface area contributed by atoms with Crippen LogP contribution in [0.4, 0.5) is 0 Å². The molecule has 1 heterocycles. The van der Waals surface area contributed by atoms with Crippen LogP contribution in [0.3, 0.4) is 0 Å². The largest absolute Gasteiger partial charge is 0.469 e. The van der Waals surface area contributed by atoms with Crippen molar-refractivity contribution in [1.29, 1.82) is 0 Å². The Bertz CT molecular complexity index is 890. The first-order valence-corrected chi connectivity index (χ1v) is 16.6. The number of nitrogens with zero attached hydrogens (tertiary/aromatic N) is 1. The second kappa shape index (κ2) is 13.6. The lowest BCUT2D eigenvalue weighted by Crippen LogP contribution is -2.61. The highest BCUT2D eigenvalue weighted by atomic mass is 16.5. The molecule has 6 nitrogen and oxygen atoms in total. The average molecular weight is 560 g/mol. The molecule has 1 amide bonds. The van der Waals surface area contributed by atoms with Gasteiger partial charge >= 0.3 is 11.9 Å². The number of ether oxygens (including phenoxy) is 2. The second-order valence-corrected chi connectivity index (χ2v) is 14.3. The molecule has 0 aromatic carbocycles. The van der Waals surface area contributed by atoms with Crippen molar-refractivity contribution in [2.75, 3.05) is 14.2 Å². The topological polar surface area (TPSA) is 72.9 Å². The van der Waals surface area contributed by atoms with Crippen LogP contribution in [0.1, 0.15) is 136 Å². The normalized spacial score (nSPS) is 35.9. The van der Waals surface area contributed by atoms with Crippen LogP contribution in [-0.4, -0.2) is 49.0 Å². The van der Waals surface area contributed by atoms with Gasteiger partial charge in [-0.2, -0.15) is 0 Å². The summed E-state index contributed by atoms with van der Waals surface area (Å²) in [5, 5.41) is 0. The number of rotatable bonds is 13. The van der Waals surface area contributed by atoms with Gasteiger partial charge in [0.1, 0.15) is 6.10 Å². The molecule has 0 aromatic heterocycles. The summed E-state index contributed by atoms with van der Waals surface area (Å²) >= 11 is 0. The van der Waals surface area contributed by atoms with Crippen molar-refractivity contribution in [3.63, 3.8) is 0 Å². The Morgan fingerprint density at radius 1 is 0.825 bits per heavy atom. The van der Waals surface area contributed by atoms with E-state index in [0.29, 0.717) is 37.1 Å². The number of unbranched alkanes of at least 4 members (excludes halogenated alkanes) is 7. The standard InChI is InChI=1S/C34H57NO5/c1-24(40-32(38)15-13-11-9-7-6-8-10-12-14-31(37)39-5)26-17-18-27-25-16-19-29-34(3,23-21-30(36)35(29)4)28(25)20-22-33(26,27)2/h24-29H,6-23H2,1-5H3/t24?,25-,26+,27-,28-,29?,33+,34+/m0/s1. The van der Waals surface area contributed by atoms with Crippen LogP contribution in [0.2, 0.25) is 0 Å². The van der Waals surface area contributed by atoms with Gasteiger partial charge in [-0.3, -0.25) is 14.4 Å². The molecule has 0 spiro atoms. The van der Waals surface area contributed by atoms with E-state index in [9.17, 15) is 14.4 Å². The SMILES string of the molecule is COC(=O)CCCCCCCCCCC(=O)OC(C)[C@H]1CC[C@H]2[C@@H]3CCC4N(C)C(=O)CC[C@]4(C)[C@H]3CC[C@]12C. The van der Waals surface area contributed by atoms with Crippen molar-refractivity contribution in [2.45, 2.75) is 148 Å². The smallest absolute Gasteiger partial charge is 0.306 e. The third-order valence-electron chi connectivity index (χ3n) is 12.3. The van der Waals surface area contributed by atoms with Crippen molar-refractivity contribution >= 4 is 17.8 Å². The summed E-state index contributed by atoms with van der Waals surface area (Å²) in [4.78, 5) is 38.4. The summed E-state index contributed by atoms with van der Waals surface area (Å²) in [6.45, 7) is 7.16. The van der Waals surface area contributed by atoms with Crippen LogP contribution in [0.15, 0.2) is 0 Å². The van der Waals surface area contributed by atoms with Gasteiger partial charge in [0, 0.05) is 38.3 Å². The highest BCUT2D eigenvalue weighted by molar-refractivity contribution is 5.77. The zero-order chi connectivity index (χ0) is 28.9. The number of hydrogen-bond donors (Lipinski definition) is 0. The summed E-state index contributed by atoms with van der Waals surface area (Å²) in [5.41, 5.74) is 0.519. The van der Waals surface area contributed by atoms with Crippen molar-refractivity contribution in [3.8, 4) is 0 Å². The number of esters is 2. The second-order valence-electron chi connectivity index (χ2n) is 14.3. The Hall–Kier alpha value is -1.59. The third kappa shape index (κ3) is 6.56. The van der Waals surface area contributed by atoms with Crippen LogP contribution in [0.25, 0.3) is 0 Å². The van der Waals surface area contributed by atoms with Crippen molar-refractivity contribution in [1.82, 2.24) is 4.90 Å². The van der Waals surface area contributed by atoms with E-state index in [1.165, 1.54) is 52.1 Å². The van der Waals surface area contributed by atoms with Crippen LogP contribution in [0.5, 0.6) is 0 Å². The lowest BCUT2D eigenvalue weighted by atomic mass is 9.46. The number of likely N-dealkylation sites (tertiary alicyclic amines) is 1. The van der Waals surface area contributed by atoms with Crippen LogP contribution in [0, 0.1) is 34.5 Å². The molecule has 4 rings (SSSR count). The predicted octanol–water partition coefficient (Wildman–Crippen LogP) is 7.47. The molecule has 0 bridgehead atoms. The molecule has 0 N–H and O–H groups in total. The zero-order valence-electron chi connectivity index (χ0n) is 26.2. The summed E-state index contributed by atoms with van der Waals surface area (Å²) in [5.74, 6) is 2.86. The molecule has 3 aliphatic carbocycles. The van der Waals surface area contributed by atoms with Gasteiger partial charge in [-0.05, 0) is 93.3 Å². The molecule has 8 atom stereocenters. The lowest BCUT2D eigenvalue weighted by Gasteiger charge is -2.62. The number of carbonyl (C=O) groups is 3. The average Bonchev–Trinajstić information content (AvgIpc) is 3.29. The van der Waals surface area contributed by atoms with Gasteiger partial charge in [0.25, 0.3) is 0 Å². The Morgan fingerprint density at radius 2 is 1.43 bits per heavy atom. The Labute approximate surface area is 243 Å². The summed E-state index contributed by atoms with van der Waals surface area (Å²) in [6.07, 6.45) is 18.9. The maximum absolute atomic E-state index is 12.8. The van der Waals surface area contributed by atoms with E-state index < -0.39 is 0 Å². The van der Waals surface area contributed by atoms with E-state index in [0.717, 1.165) is 69.1 Å². The molecule has 4 fully saturated rings. The van der Waals surface area contributed by atoms with Gasteiger partial charge in [0.15, 0.2) is 0 Å². The van der Waals surface area contributed by atoms with Gasteiger partial charge in [-0.15, -0.1) is 0 Å². The van der Waals surface area contributed by atoms with Crippen LogP contribution in [-0.2, 0) is 23.9 Å². The Kier molecular flexibility index (Phi) is 10.7. The van der Waals surface area contributed by atoms with Gasteiger partial charge in [-0.25, -0.2) is 0 Å². The first-order valence-electron chi connectivity index (χ1n) is 16.6. The highest BCUT2D eigenvalue weighted by Crippen LogP contribution is 2.66. The molecule has 0 radical (unpaired) electrons. The molecule has 228 valence electrons. The molecule has 3 saturated carbocycles. The first kappa shape index (κ1) is 31.3. The lowest BCUT2D eigenvalue weighted by molar-refractivity contribution is -0.164. The molecular formula is C34H57NO5. The maximum atomic E-state index is 12.8. The molecule has 6 heteroatoms. The van der Waals surface area contributed by atoms with Gasteiger partial charge < -0.3 is 14.4 Å². The van der Waals surface area contributed by atoms with Crippen LogP contribution >= 0.6 is 0 Å². The van der Waals surface area contributed by atoms with Crippen molar-refractivity contribution in [2.24, 2.45) is 34.5 Å². The van der Waals surface area contributed by atoms with E-state index in [1.54, 1.807) is 0 Å². The number of methoxy groups -OCH3 is 1. The molecule has 40 heavy (non-hydrogen) atoms. The maximum Gasteiger partial charge on any atom is 0.306 e. The summed E-state index contributed by atoms with van der Waals surface area (Å²) in [6, 6.07) is 0.412. The minimum Gasteiger partial charge on any atom is -0.469 e. The fourth-order valence-electron chi connectivity index (χ4n) is 10.0. The summed E-state index contributed by atoms with van der Waals surface area (Å²) in [7, 11) is 3.48. The van der Waals surface area contributed by atoms with E-state index in [-0.39, 0.29) is 28.9 Å². The monoisotopic (exact) mass is 559 g/mol. The third-order valence-corrected chi connectivity index (χ3v) is 12.3. The van der Waals surface area contributed by atoms with Crippen molar-refractivity contribution < 1.29 is 23.9 Å². The number of amides is 1. The number of hydrogen-bond acceptors (Lipinski definition) is 5. The van der Waals surface area contributed by atoms with Crippen LogP contribution < -0.4 is 0 Å². The van der Waals surface area contributed by atoms with E-state index in [2.05, 4.69) is 30.4 Å². The number of piperidine rings is 1. The summed E-state index contributed by atoms with van der Waals surface area (Å²) < 4.78 is 10.8. The fraction of sp³-hybridized carbons (Fsp3) is 0.912. The first-order chi connectivity index (χ1) is 19.1. The van der Waals surface area contributed by atoms with Gasteiger partial charge in [0.2, 0.25) is 5.91 Å². The van der Waals surface area contributed by atoms with E-state index in [1.807, 2.05) is 7.05 Å². The molecule has 1 aliphatic heterocycles. The molecule has 0 aromatic rings. The minimum atomic E-state index is -0.112. The van der Waals surface area contributed by atoms with Gasteiger partial charge in [-0.1, -0.05) is 52.4 Å². The molecule has 1 saturated heterocycles. The van der Waals surface area contributed by atoms with E-state index >= 15 is 0 Å². The molecule has 4 aliphatic rings. The minimum absolute atomic E-state index is 0.00518. The number of fused-ring (bicyclic) bond motifs is 5. The van der Waals surface area contributed by atoms with E-state index in [4.69, 9.17) is 4.74 Å². The Morgan fingerprint density at radius 3 is 2.08 bits per heavy atom. The quantitative estimate of drug-likeness (QED) is 0.173. The van der Waals surface area contributed by atoms with Gasteiger partial charge in [0.05, 0.1) is 7.11 Å². The highest BCUT2D eigenvalue weighted by Gasteiger charge is 2.61. The predicted molar refractivity (Wildman–Crippen MR) is 157 cm³/mol. The Balaban J connectivity index is 1.17. The number of carbonyl (C=O) groups excluding carboxylic acids is 3. The molecular weight excluding hydrogens is 502 g/mol. The fourth-order valence-corrected chi connectivity index (χ4v) is 10.0. The molecule has 2 unspecified atom stereocenters.